The van der Waals surface area contributed by atoms with Crippen molar-refractivity contribution in [2.24, 2.45) is 5.92 Å². The van der Waals surface area contributed by atoms with Crippen LogP contribution < -0.4 is 10.1 Å². The smallest absolute Gasteiger partial charge is 0.387 e. The lowest BCUT2D eigenvalue weighted by molar-refractivity contribution is -0.149. The Labute approximate surface area is 122 Å². The van der Waals surface area contributed by atoms with Crippen molar-refractivity contribution in [1.82, 2.24) is 5.32 Å². The molecule has 22 heavy (non-hydrogen) atoms. The number of hydrogen-bond acceptors (Lipinski definition) is 4. The van der Waals surface area contributed by atoms with Gasteiger partial charge in [-0.2, -0.15) is 8.78 Å². The van der Waals surface area contributed by atoms with Gasteiger partial charge in [-0.15, -0.1) is 0 Å². The third-order valence-electron chi connectivity index (χ3n) is 3.28. The van der Waals surface area contributed by atoms with Gasteiger partial charge in [0.15, 0.2) is 0 Å². The Hall–Kier alpha value is -2.32. The lowest BCUT2D eigenvalue weighted by atomic mass is 9.87. The van der Waals surface area contributed by atoms with Crippen molar-refractivity contribution in [2.45, 2.75) is 12.5 Å². The van der Waals surface area contributed by atoms with Gasteiger partial charge in [-0.05, 0) is 0 Å². The molecule has 0 bridgehead atoms. The summed E-state index contributed by atoms with van der Waals surface area (Å²) in [4.78, 5) is 23.2. The second-order valence-corrected chi connectivity index (χ2v) is 4.53. The number of ether oxygens (including phenoxy) is 2. The number of nitrogens with one attached hydrogen (secondary N) is 1. The molecule has 120 valence electrons. The number of carbonyl (C=O) groups excluding carboxylic acids is 2. The fourth-order valence-electron chi connectivity index (χ4n) is 2.37. The zero-order chi connectivity index (χ0) is 16.4. The SMILES string of the molecule is COC(=O)C1C(=O)NCC1c1c(F)cc(OC(F)F)cc1F. The first-order chi connectivity index (χ1) is 10.3. The molecule has 0 spiro atoms. The van der Waals surface area contributed by atoms with Crippen LogP contribution in [0.15, 0.2) is 12.1 Å². The first-order valence-corrected chi connectivity index (χ1v) is 6.14. The topological polar surface area (TPSA) is 64.6 Å². The van der Waals surface area contributed by atoms with E-state index in [4.69, 9.17) is 0 Å². The van der Waals surface area contributed by atoms with Crippen LogP contribution in [-0.2, 0) is 14.3 Å². The van der Waals surface area contributed by atoms with Crippen LogP contribution in [0.3, 0.4) is 0 Å². The van der Waals surface area contributed by atoms with Crippen LogP contribution in [0.5, 0.6) is 5.75 Å². The molecule has 1 fully saturated rings. The molecular weight excluding hydrogens is 310 g/mol. The summed E-state index contributed by atoms with van der Waals surface area (Å²) >= 11 is 0. The summed E-state index contributed by atoms with van der Waals surface area (Å²) in [5, 5.41) is 2.31. The Balaban J connectivity index is 2.39. The molecular formula is C13H11F4NO4. The van der Waals surface area contributed by atoms with Gasteiger partial charge in [-0.1, -0.05) is 0 Å². The zero-order valence-electron chi connectivity index (χ0n) is 11.2. The summed E-state index contributed by atoms with van der Waals surface area (Å²) in [6, 6.07) is 1.14. The van der Waals surface area contributed by atoms with Crippen molar-refractivity contribution in [1.29, 1.82) is 0 Å². The molecule has 1 aliphatic rings. The predicted octanol–water partition coefficient (Wildman–Crippen LogP) is 1.57. The molecule has 5 nitrogen and oxygen atoms in total. The van der Waals surface area contributed by atoms with Crippen molar-refractivity contribution >= 4 is 11.9 Å². The van der Waals surface area contributed by atoms with Gasteiger partial charge in [0, 0.05) is 30.2 Å². The lowest BCUT2D eigenvalue weighted by Crippen LogP contribution is -2.28. The zero-order valence-corrected chi connectivity index (χ0v) is 11.2. The highest BCUT2D eigenvalue weighted by Gasteiger charge is 2.44. The number of benzene rings is 1. The molecule has 2 rings (SSSR count). The maximum atomic E-state index is 14.0. The molecule has 1 saturated heterocycles. The highest BCUT2D eigenvalue weighted by atomic mass is 19.3. The number of carbonyl (C=O) groups is 2. The molecule has 1 aromatic carbocycles. The maximum absolute atomic E-state index is 14.0. The van der Waals surface area contributed by atoms with E-state index < -0.39 is 53.3 Å². The fourth-order valence-corrected chi connectivity index (χ4v) is 2.37. The van der Waals surface area contributed by atoms with E-state index in [-0.39, 0.29) is 6.54 Å². The average Bonchev–Trinajstić information content (AvgIpc) is 2.78. The minimum atomic E-state index is -3.23. The Morgan fingerprint density at radius 2 is 1.91 bits per heavy atom. The van der Waals surface area contributed by atoms with E-state index in [9.17, 15) is 27.2 Å². The number of esters is 1. The Morgan fingerprint density at radius 3 is 2.41 bits per heavy atom. The summed E-state index contributed by atoms with van der Waals surface area (Å²) in [6.07, 6.45) is 0. The van der Waals surface area contributed by atoms with E-state index in [0.29, 0.717) is 12.1 Å². The molecule has 1 amide bonds. The second-order valence-electron chi connectivity index (χ2n) is 4.53. The number of rotatable bonds is 4. The van der Waals surface area contributed by atoms with Crippen LogP contribution >= 0.6 is 0 Å². The van der Waals surface area contributed by atoms with Gasteiger partial charge in [-0.25, -0.2) is 8.78 Å². The van der Waals surface area contributed by atoms with Crippen LogP contribution in [0.1, 0.15) is 11.5 Å². The van der Waals surface area contributed by atoms with Crippen LogP contribution in [-0.4, -0.2) is 32.1 Å². The van der Waals surface area contributed by atoms with Crippen molar-refractivity contribution < 1.29 is 36.6 Å². The number of alkyl halides is 2. The average molecular weight is 321 g/mol. The highest BCUT2D eigenvalue weighted by molar-refractivity contribution is 6.00. The van der Waals surface area contributed by atoms with Crippen molar-refractivity contribution in [2.75, 3.05) is 13.7 Å². The second kappa shape index (κ2) is 6.20. The minimum absolute atomic E-state index is 0.179. The van der Waals surface area contributed by atoms with Crippen molar-refractivity contribution in [3.63, 3.8) is 0 Å². The van der Waals surface area contributed by atoms with E-state index >= 15 is 0 Å². The Bertz CT molecular complexity index is 585. The van der Waals surface area contributed by atoms with Gasteiger partial charge in [-0.3, -0.25) is 9.59 Å². The molecule has 0 radical (unpaired) electrons. The van der Waals surface area contributed by atoms with Crippen LogP contribution in [0.2, 0.25) is 0 Å². The molecule has 0 saturated carbocycles. The number of amides is 1. The highest BCUT2D eigenvalue weighted by Crippen LogP contribution is 2.35. The van der Waals surface area contributed by atoms with Gasteiger partial charge in [0.05, 0.1) is 7.11 Å². The molecule has 0 aromatic heterocycles. The first-order valence-electron chi connectivity index (χ1n) is 6.14. The molecule has 1 aliphatic heterocycles. The number of hydrogen-bond donors (Lipinski definition) is 1. The summed E-state index contributed by atoms with van der Waals surface area (Å²) in [6.45, 7) is -3.41. The van der Waals surface area contributed by atoms with E-state index in [1.165, 1.54) is 0 Å². The largest absolute Gasteiger partial charge is 0.468 e. The third-order valence-corrected chi connectivity index (χ3v) is 3.28. The molecule has 0 aliphatic carbocycles. The standard InChI is InChI=1S/C13H11F4NO4/c1-21-12(20)10-6(4-18-11(10)19)9-7(14)2-5(3-8(9)15)22-13(16)17/h2-3,6,10,13H,4H2,1H3,(H,18,19). The summed E-state index contributed by atoms with van der Waals surface area (Å²) in [7, 11) is 1.04. The molecule has 1 heterocycles. The lowest BCUT2D eigenvalue weighted by Gasteiger charge is -2.17. The van der Waals surface area contributed by atoms with Gasteiger partial charge in [0.25, 0.3) is 0 Å². The summed E-state index contributed by atoms with van der Waals surface area (Å²) in [5.41, 5.74) is -0.560. The fraction of sp³-hybridized carbons (Fsp3) is 0.385. The summed E-state index contributed by atoms with van der Waals surface area (Å²) in [5.74, 6) is -7.27. The maximum Gasteiger partial charge on any atom is 0.387 e. The van der Waals surface area contributed by atoms with Crippen LogP contribution in [0.25, 0.3) is 0 Å². The Kier molecular flexibility index (Phi) is 4.53. The number of methoxy groups -OCH3 is 1. The number of halogens is 4. The monoisotopic (exact) mass is 321 g/mol. The molecule has 1 aromatic rings. The normalized spacial score (nSPS) is 20.9. The molecule has 2 unspecified atom stereocenters. The van der Waals surface area contributed by atoms with Gasteiger partial charge < -0.3 is 14.8 Å². The van der Waals surface area contributed by atoms with Gasteiger partial charge >= 0.3 is 12.6 Å². The Morgan fingerprint density at radius 1 is 1.32 bits per heavy atom. The molecule has 2 atom stereocenters. The van der Waals surface area contributed by atoms with E-state index in [2.05, 4.69) is 14.8 Å². The van der Waals surface area contributed by atoms with Crippen molar-refractivity contribution in [3.8, 4) is 5.75 Å². The summed E-state index contributed by atoms with van der Waals surface area (Å²) < 4.78 is 60.6. The van der Waals surface area contributed by atoms with E-state index in [1.54, 1.807) is 0 Å². The predicted molar refractivity (Wildman–Crippen MR) is 64.2 cm³/mol. The minimum Gasteiger partial charge on any atom is -0.468 e. The van der Waals surface area contributed by atoms with Crippen molar-refractivity contribution in [3.05, 3.63) is 29.3 Å². The quantitative estimate of drug-likeness (QED) is 0.519. The van der Waals surface area contributed by atoms with Gasteiger partial charge in [0.1, 0.15) is 23.3 Å². The third kappa shape index (κ3) is 2.97. The van der Waals surface area contributed by atoms with Crippen LogP contribution in [0.4, 0.5) is 17.6 Å². The van der Waals surface area contributed by atoms with Crippen LogP contribution in [0, 0.1) is 17.6 Å². The van der Waals surface area contributed by atoms with Gasteiger partial charge in [0.2, 0.25) is 5.91 Å². The van der Waals surface area contributed by atoms with E-state index in [1.807, 2.05) is 0 Å². The van der Waals surface area contributed by atoms with E-state index in [0.717, 1.165) is 7.11 Å². The molecule has 1 N–H and O–H groups in total. The molecule has 9 heteroatoms. The first kappa shape index (κ1) is 16.1.